The van der Waals surface area contributed by atoms with Gasteiger partial charge in [0.25, 0.3) is 5.56 Å². The number of nitrogens with zero attached hydrogens (tertiary/aromatic N) is 1. The average molecular weight is 351 g/mol. The summed E-state index contributed by atoms with van der Waals surface area (Å²) in [6.07, 6.45) is -0.746. The molecule has 0 aliphatic heterocycles. The molecule has 0 bridgehead atoms. The molecule has 3 rings (SSSR count). The van der Waals surface area contributed by atoms with Gasteiger partial charge in [-0.15, -0.1) is 0 Å². The van der Waals surface area contributed by atoms with Crippen LogP contribution in [0.25, 0.3) is 10.9 Å². The second-order valence-corrected chi connectivity index (χ2v) is 5.78. The largest absolute Gasteiger partial charge is 0.451 e. The molecular weight excluding hydrogens is 334 g/mol. The molecule has 26 heavy (non-hydrogen) atoms. The van der Waals surface area contributed by atoms with E-state index in [1.165, 1.54) is 13.0 Å². The highest BCUT2D eigenvalue weighted by atomic mass is 16.5. The van der Waals surface area contributed by atoms with Gasteiger partial charge in [0.2, 0.25) is 5.91 Å². The van der Waals surface area contributed by atoms with Crippen molar-refractivity contribution >= 4 is 28.5 Å². The third kappa shape index (κ3) is 3.77. The molecular formula is C19H17N3O4. The molecule has 0 radical (unpaired) electrons. The van der Waals surface area contributed by atoms with Crippen molar-refractivity contribution in [3.63, 3.8) is 0 Å². The van der Waals surface area contributed by atoms with E-state index in [0.29, 0.717) is 16.6 Å². The average Bonchev–Trinajstić information content (AvgIpc) is 2.61. The molecule has 2 N–H and O–H groups in total. The van der Waals surface area contributed by atoms with Crippen molar-refractivity contribution in [2.24, 2.45) is 0 Å². The molecule has 1 heterocycles. The maximum absolute atomic E-state index is 12.4. The van der Waals surface area contributed by atoms with E-state index in [1.54, 1.807) is 49.4 Å². The molecule has 7 heteroatoms. The summed E-state index contributed by atoms with van der Waals surface area (Å²) in [5.74, 6) is -0.553. The molecule has 1 aromatic heterocycles. The quantitative estimate of drug-likeness (QED) is 0.704. The molecule has 3 aromatic rings. The fourth-order valence-corrected chi connectivity index (χ4v) is 2.51. The lowest BCUT2D eigenvalue weighted by Gasteiger charge is -2.13. The Labute approximate surface area is 149 Å². The van der Waals surface area contributed by atoms with Gasteiger partial charge in [0.1, 0.15) is 0 Å². The minimum atomic E-state index is -0.746. The maximum atomic E-state index is 12.4. The molecule has 0 saturated heterocycles. The van der Waals surface area contributed by atoms with E-state index in [1.807, 2.05) is 0 Å². The summed E-state index contributed by atoms with van der Waals surface area (Å²) in [6, 6.07) is 13.3. The summed E-state index contributed by atoms with van der Waals surface area (Å²) in [6.45, 7) is 3.01. The first-order valence-corrected chi connectivity index (χ1v) is 8.01. The second kappa shape index (κ2) is 7.18. The van der Waals surface area contributed by atoms with E-state index in [4.69, 9.17) is 4.74 Å². The van der Waals surface area contributed by atoms with Crippen molar-refractivity contribution in [3.8, 4) is 0 Å². The van der Waals surface area contributed by atoms with E-state index < -0.39 is 12.1 Å². The van der Waals surface area contributed by atoms with Gasteiger partial charge in [-0.3, -0.25) is 9.59 Å². The van der Waals surface area contributed by atoms with Crippen LogP contribution in [0.15, 0.2) is 53.3 Å². The van der Waals surface area contributed by atoms with Gasteiger partial charge in [-0.1, -0.05) is 18.2 Å². The van der Waals surface area contributed by atoms with Gasteiger partial charge in [0, 0.05) is 12.6 Å². The number of carbonyl (C=O) groups excluding carboxylic acids is 2. The van der Waals surface area contributed by atoms with Crippen LogP contribution in [-0.2, 0) is 9.53 Å². The first kappa shape index (κ1) is 17.3. The number of para-hydroxylation sites is 1. The van der Waals surface area contributed by atoms with Crippen LogP contribution in [-0.4, -0.2) is 21.8 Å². The Morgan fingerprint density at radius 1 is 1.15 bits per heavy atom. The predicted molar refractivity (Wildman–Crippen MR) is 96.9 cm³/mol. The van der Waals surface area contributed by atoms with Crippen molar-refractivity contribution in [2.45, 2.75) is 20.0 Å². The summed E-state index contributed by atoms with van der Waals surface area (Å²) in [4.78, 5) is 42.6. The molecule has 0 aliphatic rings. The Balaban J connectivity index is 1.81. The summed E-state index contributed by atoms with van der Waals surface area (Å²) < 4.78 is 5.40. The van der Waals surface area contributed by atoms with Crippen LogP contribution >= 0.6 is 0 Å². The first-order chi connectivity index (χ1) is 12.4. The monoisotopic (exact) mass is 351 g/mol. The number of esters is 1. The highest BCUT2D eigenvalue weighted by molar-refractivity contribution is 5.93. The van der Waals surface area contributed by atoms with Gasteiger partial charge in [-0.2, -0.15) is 0 Å². The van der Waals surface area contributed by atoms with E-state index in [0.717, 1.165) is 0 Å². The number of benzene rings is 2. The number of aromatic amines is 1. The Morgan fingerprint density at radius 2 is 1.92 bits per heavy atom. The number of carbonyl (C=O) groups is 2. The number of rotatable bonds is 4. The first-order valence-electron chi connectivity index (χ1n) is 8.01. The van der Waals surface area contributed by atoms with E-state index in [-0.39, 0.29) is 22.9 Å². The van der Waals surface area contributed by atoms with Gasteiger partial charge >= 0.3 is 5.97 Å². The van der Waals surface area contributed by atoms with Gasteiger partial charge in [-0.25, -0.2) is 9.78 Å². The minimum absolute atomic E-state index is 0.234. The Hall–Kier alpha value is -3.48. The molecule has 0 spiro atoms. The fourth-order valence-electron chi connectivity index (χ4n) is 2.51. The number of hydrogen-bond donors (Lipinski definition) is 2. The van der Waals surface area contributed by atoms with Crippen molar-refractivity contribution in [2.75, 3.05) is 5.32 Å². The van der Waals surface area contributed by atoms with Crippen LogP contribution in [0, 0.1) is 0 Å². The van der Waals surface area contributed by atoms with Crippen LogP contribution in [0.2, 0.25) is 0 Å². The van der Waals surface area contributed by atoms with Crippen LogP contribution in [0.5, 0.6) is 0 Å². The lowest BCUT2D eigenvalue weighted by molar-refractivity contribution is -0.114. The molecule has 0 fully saturated rings. The number of hydrogen-bond acceptors (Lipinski definition) is 5. The Morgan fingerprint density at radius 3 is 2.69 bits per heavy atom. The number of aromatic nitrogens is 2. The highest BCUT2D eigenvalue weighted by Gasteiger charge is 2.17. The number of H-pyrrole nitrogens is 1. The SMILES string of the molecule is CC(=O)Nc1cccc(C(=O)O[C@@H](C)c2nc3ccccc3c(=O)[nH]2)c1. The van der Waals surface area contributed by atoms with Crippen LogP contribution in [0.1, 0.15) is 36.1 Å². The van der Waals surface area contributed by atoms with E-state index in [9.17, 15) is 14.4 Å². The molecule has 1 amide bonds. The van der Waals surface area contributed by atoms with Crippen molar-refractivity contribution in [3.05, 3.63) is 70.3 Å². The Bertz CT molecular complexity index is 1040. The van der Waals surface area contributed by atoms with Crippen molar-refractivity contribution in [1.82, 2.24) is 9.97 Å². The number of amides is 1. The molecule has 0 saturated carbocycles. The highest BCUT2D eigenvalue weighted by Crippen LogP contribution is 2.18. The van der Waals surface area contributed by atoms with Crippen molar-refractivity contribution in [1.29, 1.82) is 0 Å². The molecule has 7 nitrogen and oxygen atoms in total. The molecule has 2 aromatic carbocycles. The molecule has 0 unspecified atom stereocenters. The summed E-state index contributed by atoms with van der Waals surface area (Å²) >= 11 is 0. The minimum Gasteiger partial charge on any atom is -0.451 e. The van der Waals surface area contributed by atoms with E-state index >= 15 is 0 Å². The maximum Gasteiger partial charge on any atom is 0.338 e. The molecule has 1 atom stereocenters. The zero-order valence-electron chi connectivity index (χ0n) is 14.3. The van der Waals surface area contributed by atoms with Gasteiger partial charge in [0.15, 0.2) is 11.9 Å². The molecule has 132 valence electrons. The predicted octanol–water partition coefficient (Wildman–Crippen LogP) is 2.80. The zero-order chi connectivity index (χ0) is 18.7. The third-order valence-electron chi connectivity index (χ3n) is 3.72. The standard InChI is InChI=1S/C19H17N3O4/c1-11(17-21-16-9-4-3-8-15(16)18(24)22-17)26-19(25)13-6-5-7-14(10-13)20-12(2)23/h3-11H,1-2H3,(H,20,23)(H,21,22,24)/t11-/m0/s1. The number of anilines is 1. The van der Waals surface area contributed by atoms with Crippen molar-refractivity contribution < 1.29 is 14.3 Å². The summed E-state index contributed by atoms with van der Waals surface area (Å²) in [5.41, 5.74) is 1.02. The second-order valence-electron chi connectivity index (χ2n) is 5.78. The Kier molecular flexibility index (Phi) is 4.79. The molecule has 0 aliphatic carbocycles. The summed E-state index contributed by atoms with van der Waals surface area (Å²) in [7, 11) is 0. The van der Waals surface area contributed by atoms with Crippen LogP contribution < -0.4 is 10.9 Å². The lowest BCUT2D eigenvalue weighted by Crippen LogP contribution is -2.17. The van der Waals surface area contributed by atoms with Gasteiger partial charge < -0.3 is 15.0 Å². The third-order valence-corrected chi connectivity index (χ3v) is 3.72. The number of ether oxygens (including phenoxy) is 1. The normalized spacial score (nSPS) is 11.8. The topological polar surface area (TPSA) is 101 Å². The zero-order valence-corrected chi connectivity index (χ0v) is 14.3. The summed E-state index contributed by atoms with van der Waals surface area (Å²) in [5, 5.41) is 3.08. The van der Waals surface area contributed by atoms with Crippen LogP contribution in [0.4, 0.5) is 5.69 Å². The number of fused-ring (bicyclic) bond motifs is 1. The number of nitrogens with one attached hydrogen (secondary N) is 2. The van der Waals surface area contributed by atoms with Gasteiger partial charge in [0.05, 0.1) is 16.5 Å². The van der Waals surface area contributed by atoms with E-state index in [2.05, 4.69) is 15.3 Å². The lowest BCUT2D eigenvalue weighted by atomic mass is 10.2. The fraction of sp³-hybridized carbons (Fsp3) is 0.158. The smallest absolute Gasteiger partial charge is 0.338 e. The van der Waals surface area contributed by atoms with Gasteiger partial charge in [-0.05, 0) is 37.3 Å². The van der Waals surface area contributed by atoms with Crippen LogP contribution in [0.3, 0.4) is 0 Å².